The lowest BCUT2D eigenvalue weighted by molar-refractivity contribution is -0.386. The molecule has 7 heteroatoms. The molecule has 6 nitrogen and oxygen atoms in total. The van der Waals surface area contributed by atoms with Gasteiger partial charge in [0, 0.05) is 12.3 Å². The minimum atomic E-state index is -0.760. The number of nitriles is 1. The van der Waals surface area contributed by atoms with E-state index in [0.29, 0.717) is 5.56 Å². The van der Waals surface area contributed by atoms with Crippen molar-refractivity contribution in [2.75, 3.05) is 0 Å². The minimum Gasteiger partial charge on any atom is -0.305 e. The van der Waals surface area contributed by atoms with Crippen molar-refractivity contribution in [3.63, 3.8) is 0 Å². The van der Waals surface area contributed by atoms with E-state index in [9.17, 15) is 19.3 Å². The first kappa shape index (κ1) is 13.4. The van der Waals surface area contributed by atoms with Gasteiger partial charge in [0.15, 0.2) is 0 Å². The van der Waals surface area contributed by atoms with Gasteiger partial charge in [-0.1, -0.05) is 6.07 Å². The molecule has 20 heavy (non-hydrogen) atoms. The van der Waals surface area contributed by atoms with E-state index in [1.807, 2.05) is 0 Å². The topological polar surface area (TPSA) is 88.9 Å². The molecule has 2 aromatic rings. The summed E-state index contributed by atoms with van der Waals surface area (Å²) in [6.45, 7) is 0.0233. The Kier molecular flexibility index (Phi) is 3.57. The van der Waals surface area contributed by atoms with Crippen molar-refractivity contribution in [2.24, 2.45) is 0 Å². The molecule has 1 aromatic carbocycles. The minimum absolute atomic E-state index is 0.0233. The lowest BCUT2D eigenvalue weighted by Crippen LogP contribution is -2.22. The van der Waals surface area contributed by atoms with Crippen LogP contribution in [0.2, 0.25) is 0 Å². The van der Waals surface area contributed by atoms with E-state index in [4.69, 9.17) is 5.26 Å². The van der Waals surface area contributed by atoms with Crippen LogP contribution in [0.5, 0.6) is 0 Å². The van der Waals surface area contributed by atoms with E-state index in [1.165, 1.54) is 24.4 Å². The molecule has 0 atom stereocenters. The Morgan fingerprint density at radius 3 is 2.80 bits per heavy atom. The van der Waals surface area contributed by atoms with E-state index < -0.39 is 22.0 Å². The van der Waals surface area contributed by atoms with Gasteiger partial charge in [-0.2, -0.15) is 5.26 Å². The first-order chi connectivity index (χ1) is 9.52. The molecule has 0 saturated heterocycles. The molecule has 0 N–H and O–H groups in total. The van der Waals surface area contributed by atoms with Crippen molar-refractivity contribution < 1.29 is 9.31 Å². The smallest absolute Gasteiger partial charge is 0.305 e. The Bertz CT molecular complexity index is 777. The molecule has 1 aromatic heterocycles. The van der Waals surface area contributed by atoms with Crippen LogP contribution in [0.3, 0.4) is 0 Å². The van der Waals surface area contributed by atoms with Gasteiger partial charge in [0.05, 0.1) is 17.0 Å². The summed E-state index contributed by atoms with van der Waals surface area (Å²) in [6.07, 6.45) is 1.39. The predicted octanol–water partition coefficient (Wildman–Crippen LogP) is 1.82. The zero-order chi connectivity index (χ0) is 14.7. The summed E-state index contributed by atoms with van der Waals surface area (Å²) in [5, 5.41) is 19.4. The fourth-order valence-corrected chi connectivity index (χ4v) is 1.74. The number of pyridine rings is 1. The first-order valence-electron chi connectivity index (χ1n) is 5.55. The van der Waals surface area contributed by atoms with Gasteiger partial charge in [0.1, 0.15) is 11.9 Å². The van der Waals surface area contributed by atoms with E-state index >= 15 is 0 Å². The summed E-state index contributed by atoms with van der Waals surface area (Å²) in [6, 6.07) is 8.04. The SMILES string of the molecule is N#Cc1cc(Cn2cccc([N+](=O)[O-])c2=O)ccc1F. The molecular weight excluding hydrogens is 265 g/mol. The largest absolute Gasteiger partial charge is 0.334 e. The van der Waals surface area contributed by atoms with Gasteiger partial charge < -0.3 is 4.57 Å². The Labute approximate surface area is 112 Å². The summed E-state index contributed by atoms with van der Waals surface area (Å²) < 4.78 is 14.3. The maximum absolute atomic E-state index is 13.2. The second-order valence-electron chi connectivity index (χ2n) is 4.01. The molecule has 1 heterocycles. The van der Waals surface area contributed by atoms with Gasteiger partial charge in [-0.3, -0.25) is 14.9 Å². The fraction of sp³-hybridized carbons (Fsp3) is 0.0769. The van der Waals surface area contributed by atoms with Crippen LogP contribution < -0.4 is 5.56 Å². The van der Waals surface area contributed by atoms with Crippen molar-refractivity contribution in [2.45, 2.75) is 6.54 Å². The molecule has 0 amide bonds. The lowest BCUT2D eigenvalue weighted by Gasteiger charge is -2.06. The zero-order valence-corrected chi connectivity index (χ0v) is 10.1. The molecule has 0 unspecified atom stereocenters. The first-order valence-corrected chi connectivity index (χ1v) is 5.55. The van der Waals surface area contributed by atoms with Gasteiger partial charge in [0.2, 0.25) is 0 Å². The normalized spacial score (nSPS) is 10.0. The highest BCUT2D eigenvalue weighted by atomic mass is 19.1. The van der Waals surface area contributed by atoms with Crippen LogP contribution in [0.25, 0.3) is 0 Å². The lowest BCUT2D eigenvalue weighted by atomic mass is 10.1. The number of hydrogen-bond acceptors (Lipinski definition) is 4. The number of rotatable bonds is 3. The van der Waals surface area contributed by atoms with Crippen LogP contribution >= 0.6 is 0 Å². The van der Waals surface area contributed by atoms with Crippen LogP contribution in [0.15, 0.2) is 41.3 Å². The van der Waals surface area contributed by atoms with Crippen molar-refractivity contribution in [1.82, 2.24) is 4.57 Å². The Balaban J connectivity index is 2.41. The van der Waals surface area contributed by atoms with E-state index in [1.54, 1.807) is 6.07 Å². The summed E-state index contributed by atoms with van der Waals surface area (Å²) in [5.41, 5.74) is -0.915. The van der Waals surface area contributed by atoms with Crippen molar-refractivity contribution in [1.29, 1.82) is 5.26 Å². The van der Waals surface area contributed by atoms with Crippen molar-refractivity contribution >= 4 is 5.69 Å². The summed E-state index contributed by atoms with van der Waals surface area (Å²) in [5.74, 6) is -0.650. The molecule has 0 bridgehead atoms. The summed E-state index contributed by atoms with van der Waals surface area (Å²) in [7, 11) is 0. The molecule has 0 aliphatic rings. The van der Waals surface area contributed by atoms with Crippen molar-refractivity contribution in [3.05, 3.63) is 73.9 Å². The number of halogens is 1. The Morgan fingerprint density at radius 2 is 2.15 bits per heavy atom. The maximum atomic E-state index is 13.2. The molecule has 0 fully saturated rings. The Morgan fingerprint density at radius 1 is 1.40 bits per heavy atom. The second kappa shape index (κ2) is 5.32. The van der Waals surface area contributed by atoms with E-state index in [-0.39, 0.29) is 12.1 Å². The highest BCUT2D eigenvalue weighted by molar-refractivity contribution is 5.35. The van der Waals surface area contributed by atoms with Crippen molar-refractivity contribution in [3.8, 4) is 6.07 Å². The number of aromatic nitrogens is 1. The van der Waals surface area contributed by atoms with E-state index in [0.717, 1.165) is 16.7 Å². The number of benzene rings is 1. The number of hydrogen-bond donors (Lipinski definition) is 0. The molecule has 0 aliphatic carbocycles. The average Bonchev–Trinajstić information content (AvgIpc) is 2.42. The Hall–Kier alpha value is -3.01. The predicted molar refractivity (Wildman–Crippen MR) is 67.6 cm³/mol. The quantitative estimate of drug-likeness (QED) is 0.630. The monoisotopic (exact) mass is 273 g/mol. The number of nitro groups is 1. The van der Waals surface area contributed by atoms with Crippen LogP contribution in [0.4, 0.5) is 10.1 Å². The molecule has 0 aliphatic heterocycles. The van der Waals surface area contributed by atoms with Gasteiger partial charge in [-0.25, -0.2) is 4.39 Å². The standard InChI is InChI=1S/C13H8FN3O3/c14-11-4-3-9(6-10(11)7-15)8-16-5-1-2-12(13(16)18)17(19)20/h1-6H,8H2. The van der Waals surface area contributed by atoms with Gasteiger partial charge in [-0.05, 0) is 23.8 Å². The van der Waals surface area contributed by atoms with Gasteiger partial charge in [0.25, 0.3) is 0 Å². The molecule has 0 saturated carbocycles. The van der Waals surface area contributed by atoms with Crippen LogP contribution in [0.1, 0.15) is 11.1 Å². The summed E-state index contributed by atoms with van der Waals surface area (Å²) in [4.78, 5) is 21.7. The molecule has 100 valence electrons. The molecule has 0 radical (unpaired) electrons. The third-order valence-corrected chi connectivity index (χ3v) is 2.70. The molecule has 0 spiro atoms. The fourth-order valence-electron chi connectivity index (χ4n) is 1.74. The van der Waals surface area contributed by atoms with E-state index in [2.05, 4.69) is 0 Å². The van der Waals surface area contributed by atoms with Gasteiger partial charge >= 0.3 is 11.2 Å². The van der Waals surface area contributed by atoms with Crippen LogP contribution in [-0.4, -0.2) is 9.49 Å². The average molecular weight is 273 g/mol. The summed E-state index contributed by atoms with van der Waals surface area (Å²) >= 11 is 0. The zero-order valence-electron chi connectivity index (χ0n) is 10.1. The maximum Gasteiger partial charge on any atom is 0.334 e. The number of nitrogens with zero attached hydrogens (tertiary/aromatic N) is 3. The van der Waals surface area contributed by atoms with Crippen LogP contribution in [-0.2, 0) is 6.54 Å². The highest BCUT2D eigenvalue weighted by Crippen LogP contribution is 2.11. The van der Waals surface area contributed by atoms with Crippen LogP contribution in [0, 0.1) is 27.3 Å². The molecule has 2 rings (SSSR count). The third kappa shape index (κ3) is 2.54. The third-order valence-electron chi connectivity index (χ3n) is 2.70. The second-order valence-corrected chi connectivity index (χ2v) is 4.01. The molecular formula is C13H8FN3O3. The highest BCUT2D eigenvalue weighted by Gasteiger charge is 2.13. The van der Waals surface area contributed by atoms with Gasteiger partial charge in [-0.15, -0.1) is 0 Å².